The predicted octanol–water partition coefficient (Wildman–Crippen LogP) is -0.405. The topological polar surface area (TPSA) is 95.7 Å². The summed E-state index contributed by atoms with van der Waals surface area (Å²) in [7, 11) is 0. The van der Waals surface area contributed by atoms with Gasteiger partial charge in [-0.05, 0) is 30.2 Å². The van der Waals surface area contributed by atoms with Crippen molar-refractivity contribution in [2.75, 3.05) is 18.0 Å². The number of piperidine rings is 1. The Hall–Kier alpha value is -2.41. The van der Waals surface area contributed by atoms with Crippen molar-refractivity contribution < 1.29 is 14.4 Å². The van der Waals surface area contributed by atoms with Crippen LogP contribution in [0, 0.1) is 0 Å². The summed E-state index contributed by atoms with van der Waals surface area (Å²) in [4.78, 5) is 39.6. The zero-order valence-electron chi connectivity index (χ0n) is 12.6. The van der Waals surface area contributed by atoms with Crippen LogP contribution in [0.1, 0.15) is 28.8 Å². The molecule has 23 heavy (non-hydrogen) atoms. The van der Waals surface area contributed by atoms with Crippen molar-refractivity contribution in [3.05, 3.63) is 29.3 Å². The highest BCUT2D eigenvalue weighted by Crippen LogP contribution is 2.31. The quantitative estimate of drug-likeness (QED) is 0.724. The molecule has 7 nitrogen and oxygen atoms in total. The molecule has 0 bridgehead atoms. The van der Waals surface area contributed by atoms with Gasteiger partial charge in [-0.15, -0.1) is 0 Å². The highest BCUT2D eigenvalue weighted by Gasteiger charge is 2.39. The predicted molar refractivity (Wildman–Crippen MR) is 82.7 cm³/mol. The first kappa shape index (κ1) is 14.2. The summed E-state index contributed by atoms with van der Waals surface area (Å²) >= 11 is 0. The number of carbonyl (C=O) groups is 3. The molecule has 0 spiro atoms. The number of nitrogens with zero attached hydrogens (tertiary/aromatic N) is 2. The third kappa shape index (κ3) is 2.28. The van der Waals surface area contributed by atoms with E-state index >= 15 is 0 Å². The average Bonchev–Trinajstić information content (AvgIpc) is 2.80. The van der Waals surface area contributed by atoms with Crippen LogP contribution in [-0.4, -0.2) is 47.8 Å². The largest absolute Gasteiger partial charge is 0.368 e. The zero-order chi connectivity index (χ0) is 16.1. The molecule has 0 saturated carbocycles. The molecule has 7 heteroatoms. The van der Waals surface area contributed by atoms with Crippen molar-refractivity contribution in [2.24, 2.45) is 5.73 Å². The Labute approximate surface area is 133 Å². The SMILES string of the molecule is NC1CN(c2ccc3c(c2)CN(C2CCC(=O)NC2=O)C3=O)C1. The lowest BCUT2D eigenvalue weighted by atomic mass is 10.0. The first-order valence-electron chi connectivity index (χ1n) is 7.81. The highest BCUT2D eigenvalue weighted by atomic mass is 16.2. The maximum atomic E-state index is 12.6. The maximum absolute atomic E-state index is 12.6. The monoisotopic (exact) mass is 314 g/mol. The second-order valence-electron chi connectivity index (χ2n) is 6.41. The van der Waals surface area contributed by atoms with Crippen molar-refractivity contribution in [1.82, 2.24) is 10.2 Å². The third-order valence-electron chi connectivity index (χ3n) is 4.78. The van der Waals surface area contributed by atoms with E-state index in [0.29, 0.717) is 18.5 Å². The van der Waals surface area contributed by atoms with Crippen LogP contribution in [0.2, 0.25) is 0 Å². The van der Waals surface area contributed by atoms with Gasteiger partial charge in [0.2, 0.25) is 11.8 Å². The van der Waals surface area contributed by atoms with Crippen LogP contribution in [-0.2, 0) is 16.1 Å². The van der Waals surface area contributed by atoms with Gasteiger partial charge in [0.1, 0.15) is 6.04 Å². The van der Waals surface area contributed by atoms with Crippen molar-refractivity contribution in [1.29, 1.82) is 0 Å². The Kier molecular flexibility index (Phi) is 3.12. The van der Waals surface area contributed by atoms with Crippen LogP contribution in [0.5, 0.6) is 0 Å². The first-order valence-corrected chi connectivity index (χ1v) is 7.81. The fourth-order valence-corrected chi connectivity index (χ4v) is 3.48. The van der Waals surface area contributed by atoms with Crippen molar-refractivity contribution >= 4 is 23.4 Å². The van der Waals surface area contributed by atoms with E-state index in [-0.39, 0.29) is 30.2 Å². The minimum Gasteiger partial charge on any atom is -0.368 e. The number of anilines is 1. The van der Waals surface area contributed by atoms with Crippen molar-refractivity contribution in [3.8, 4) is 0 Å². The van der Waals surface area contributed by atoms with Gasteiger partial charge >= 0.3 is 0 Å². The summed E-state index contributed by atoms with van der Waals surface area (Å²) in [6, 6.07) is 5.41. The van der Waals surface area contributed by atoms with Gasteiger partial charge in [0.15, 0.2) is 0 Å². The highest BCUT2D eigenvalue weighted by molar-refractivity contribution is 6.05. The number of fused-ring (bicyclic) bond motifs is 1. The number of nitrogens with two attached hydrogens (primary N) is 1. The maximum Gasteiger partial charge on any atom is 0.255 e. The van der Waals surface area contributed by atoms with Gasteiger partial charge in [0.25, 0.3) is 5.91 Å². The fraction of sp³-hybridized carbons (Fsp3) is 0.438. The molecule has 0 aliphatic carbocycles. The van der Waals surface area contributed by atoms with E-state index in [1.165, 1.54) is 0 Å². The van der Waals surface area contributed by atoms with Crippen LogP contribution in [0.4, 0.5) is 5.69 Å². The molecule has 1 unspecified atom stereocenters. The summed E-state index contributed by atoms with van der Waals surface area (Å²) < 4.78 is 0. The molecular weight excluding hydrogens is 296 g/mol. The van der Waals surface area contributed by atoms with Crippen molar-refractivity contribution in [3.63, 3.8) is 0 Å². The minimum atomic E-state index is -0.562. The second kappa shape index (κ2) is 5.06. The zero-order valence-corrected chi connectivity index (χ0v) is 12.6. The molecule has 0 radical (unpaired) electrons. The first-order chi connectivity index (χ1) is 11.0. The lowest BCUT2D eigenvalue weighted by molar-refractivity contribution is -0.136. The Bertz CT molecular complexity index is 711. The molecule has 3 heterocycles. The van der Waals surface area contributed by atoms with E-state index in [1.807, 2.05) is 18.2 Å². The van der Waals surface area contributed by atoms with Crippen LogP contribution in [0.15, 0.2) is 18.2 Å². The standard InChI is InChI=1S/C16H18N4O3/c17-10-7-19(8-10)11-1-2-12-9(5-11)6-20(16(12)23)13-3-4-14(21)18-15(13)22/h1-2,5,10,13H,3-4,6-8,17H2,(H,18,21,22). The molecule has 0 aromatic heterocycles. The third-order valence-corrected chi connectivity index (χ3v) is 4.78. The van der Waals surface area contributed by atoms with E-state index < -0.39 is 6.04 Å². The Morgan fingerprint density at radius 3 is 2.65 bits per heavy atom. The Morgan fingerprint density at radius 2 is 1.96 bits per heavy atom. The molecular formula is C16H18N4O3. The minimum absolute atomic E-state index is 0.138. The van der Waals surface area contributed by atoms with Gasteiger partial charge in [-0.1, -0.05) is 0 Å². The van der Waals surface area contributed by atoms with E-state index in [1.54, 1.807) is 4.90 Å². The summed E-state index contributed by atoms with van der Waals surface area (Å²) in [5.41, 5.74) is 8.44. The van der Waals surface area contributed by atoms with E-state index in [2.05, 4.69) is 10.2 Å². The van der Waals surface area contributed by atoms with E-state index in [0.717, 1.165) is 24.3 Å². The van der Waals surface area contributed by atoms with Gasteiger partial charge in [-0.3, -0.25) is 19.7 Å². The average molecular weight is 314 g/mol. The van der Waals surface area contributed by atoms with Crippen LogP contribution < -0.4 is 16.0 Å². The smallest absolute Gasteiger partial charge is 0.255 e. The van der Waals surface area contributed by atoms with Crippen LogP contribution >= 0.6 is 0 Å². The van der Waals surface area contributed by atoms with Gasteiger partial charge in [-0.25, -0.2) is 0 Å². The van der Waals surface area contributed by atoms with Gasteiger partial charge < -0.3 is 15.5 Å². The number of hydrogen-bond acceptors (Lipinski definition) is 5. The van der Waals surface area contributed by atoms with Crippen LogP contribution in [0.25, 0.3) is 0 Å². The lowest BCUT2D eigenvalue weighted by Gasteiger charge is -2.39. The number of benzene rings is 1. The molecule has 1 aromatic rings. The van der Waals surface area contributed by atoms with E-state index in [4.69, 9.17) is 5.73 Å². The summed E-state index contributed by atoms with van der Waals surface area (Å²) in [6.07, 6.45) is 0.658. The second-order valence-corrected chi connectivity index (χ2v) is 6.41. The molecule has 3 aliphatic rings. The van der Waals surface area contributed by atoms with Gasteiger partial charge in [0.05, 0.1) is 0 Å². The molecule has 4 rings (SSSR count). The molecule has 3 amide bonds. The summed E-state index contributed by atoms with van der Waals surface area (Å²) in [5, 5.41) is 2.31. The lowest BCUT2D eigenvalue weighted by Crippen LogP contribution is -2.55. The summed E-state index contributed by atoms with van der Waals surface area (Å²) in [5.74, 6) is -0.787. The number of nitrogens with one attached hydrogen (secondary N) is 1. The van der Waals surface area contributed by atoms with Gasteiger partial charge in [-0.2, -0.15) is 0 Å². The summed E-state index contributed by atoms with van der Waals surface area (Å²) in [6.45, 7) is 2.06. The molecule has 3 aliphatic heterocycles. The number of hydrogen-bond donors (Lipinski definition) is 2. The van der Waals surface area contributed by atoms with E-state index in [9.17, 15) is 14.4 Å². The van der Waals surface area contributed by atoms with Crippen molar-refractivity contribution in [2.45, 2.75) is 31.5 Å². The molecule has 2 saturated heterocycles. The normalized spacial score (nSPS) is 24.6. The molecule has 3 N–H and O–H groups in total. The number of carbonyl (C=O) groups excluding carboxylic acids is 3. The van der Waals surface area contributed by atoms with Gasteiger partial charge in [0, 0.05) is 43.3 Å². The number of imide groups is 1. The number of rotatable bonds is 2. The number of amides is 3. The molecule has 120 valence electrons. The molecule has 1 atom stereocenters. The fourth-order valence-electron chi connectivity index (χ4n) is 3.48. The molecule has 1 aromatic carbocycles. The Morgan fingerprint density at radius 1 is 1.17 bits per heavy atom. The Balaban J connectivity index is 1.55. The molecule has 2 fully saturated rings. The van der Waals surface area contributed by atoms with Crippen LogP contribution in [0.3, 0.4) is 0 Å².